The van der Waals surface area contributed by atoms with Crippen LogP contribution in [0.2, 0.25) is 5.15 Å². The van der Waals surface area contributed by atoms with Crippen LogP contribution >= 0.6 is 11.6 Å². The van der Waals surface area contributed by atoms with E-state index in [1.807, 2.05) is 6.07 Å². The van der Waals surface area contributed by atoms with Gasteiger partial charge in [-0.2, -0.15) is 0 Å². The molecule has 0 aliphatic carbocycles. The molecule has 0 fully saturated rings. The Bertz CT molecular complexity index is 358. The molecule has 2 aromatic rings. The van der Waals surface area contributed by atoms with E-state index in [4.69, 9.17) is 11.6 Å². The molecule has 2 rings (SSSR count). The van der Waals surface area contributed by atoms with Crippen molar-refractivity contribution in [2.75, 3.05) is 0 Å². The van der Waals surface area contributed by atoms with E-state index in [9.17, 15) is 0 Å². The minimum atomic E-state index is -0.00495. The van der Waals surface area contributed by atoms with E-state index in [2.05, 4.69) is 12.9 Å². The molecule has 3 nitrogen and oxygen atoms in total. The number of aromatic nitrogens is 3. The van der Waals surface area contributed by atoms with Crippen molar-refractivity contribution < 1.29 is 0 Å². The van der Waals surface area contributed by atoms with Crippen LogP contribution in [0.3, 0.4) is 0 Å². The number of pyridine rings is 1. The van der Waals surface area contributed by atoms with Gasteiger partial charge in [-0.15, -0.1) is 0 Å². The van der Waals surface area contributed by atoms with Crippen molar-refractivity contribution in [2.24, 2.45) is 0 Å². The number of halogens is 1. The minimum absolute atomic E-state index is 0.00495. The molecule has 0 saturated carbocycles. The van der Waals surface area contributed by atoms with Crippen molar-refractivity contribution in [3.05, 3.63) is 17.4 Å². The van der Waals surface area contributed by atoms with Gasteiger partial charge < -0.3 is 0 Å². The molecule has 10 heavy (non-hydrogen) atoms. The van der Waals surface area contributed by atoms with Gasteiger partial charge in [0.15, 0.2) is 0 Å². The van der Waals surface area contributed by atoms with Crippen LogP contribution in [0.4, 0.5) is 0 Å². The van der Waals surface area contributed by atoms with Gasteiger partial charge in [0.25, 0.3) is 0 Å². The van der Waals surface area contributed by atoms with Gasteiger partial charge in [0.1, 0.15) is 0 Å². The molecule has 5 heteroatoms. The average Bonchev–Trinajstić information content (AvgIpc) is 2.36. The van der Waals surface area contributed by atoms with Crippen LogP contribution in [0, 0.1) is 0 Å². The van der Waals surface area contributed by atoms with Crippen molar-refractivity contribution in [1.82, 2.24) is 12.9 Å². The number of nitrogens with zero attached hydrogens (tertiary/aromatic N) is 3. The van der Waals surface area contributed by atoms with Gasteiger partial charge in [-0.3, -0.25) is 0 Å². The first-order valence-electron chi connectivity index (χ1n) is 2.61. The van der Waals surface area contributed by atoms with Gasteiger partial charge in [0.2, 0.25) is 0 Å². The van der Waals surface area contributed by atoms with Crippen LogP contribution < -0.4 is 0 Å². The molecular weight excluding hydrogens is 216 g/mol. The van der Waals surface area contributed by atoms with Crippen LogP contribution in [-0.2, 0) is 0 Å². The average molecular weight is 219 g/mol. The Morgan fingerprint density at radius 2 is 2.30 bits per heavy atom. The number of rotatable bonds is 0. The van der Waals surface area contributed by atoms with Crippen LogP contribution in [0.5, 0.6) is 0 Å². The zero-order chi connectivity index (χ0) is 6.97. The topological polar surface area (TPSA) is 38.7 Å². The van der Waals surface area contributed by atoms with Crippen molar-refractivity contribution in [3.63, 3.8) is 0 Å². The summed E-state index contributed by atoms with van der Waals surface area (Å²) in [6.45, 7) is 0. The Balaban J connectivity index is 2.95. The van der Waals surface area contributed by atoms with Crippen LogP contribution in [0.15, 0.2) is 12.3 Å². The molecule has 0 N–H and O–H groups in total. The molecule has 0 unspecified atom stereocenters. The molecule has 2 heterocycles. The van der Waals surface area contributed by atoms with E-state index < -0.39 is 0 Å². The normalized spacial score (nSPS) is 10.5. The molecular formula is C5H2ClN3Se. The molecule has 0 spiro atoms. The maximum absolute atomic E-state index is 5.71. The van der Waals surface area contributed by atoms with Gasteiger partial charge in [-0.05, 0) is 0 Å². The summed E-state index contributed by atoms with van der Waals surface area (Å²) in [4.78, 5) is 3.87. The summed E-state index contributed by atoms with van der Waals surface area (Å²) in [6, 6.07) is 1.82. The Morgan fingerprint density at radius 3 is 3.10 bits per heavy atom. The number of fused-ring (bicyclic) bond motifs is 1. The van der Waals surface area contributed by atoms with Crippen LogP contribution in [0.1, 0.15) is 0 Å². The zero-order valence-corrected chi connectivity index (χ0v) is 7.25. The second kappa shape index (κ2) is 2.31. The third-order valence-electron chi connectivity index (χ3n) is 1.13. The molecule has 0 aliphatic heterocycles. The summed E-state index contributed by atoms with van der Waals surface area (Å²) >= 11 is 5.71. The first kappa shape index (κ1) is 6.28. The first-order valence-corrected chi connectivity index (χ1v) is 4.52. The maximum atomic E-state index is 5.71. The van der Waals surface area contributed by atoms with Gasteiger partial charge in [0.05, 0.1) is 0 Å². The Labute approximate surface area is 68.3 Å². The Morgan fingerprint density at radius 1 is 1.40 bits per heavy atom. The molecule has 0 bridgehead atoms. The van der Waals surface area contributed by atoms with E-state index >= 15 is 0 Å². The van der Waals surface area contributed by atoms with Crippen molar-refractivity contribution in [3.8, 4) is 0 Å². The van der Waals surface area contributed by atoms with Crippen LogP contribution in [-0.4, -0.2) is 27.9 Å². The second-order valence-electron chi connectivity index (χ2n) is 1.73. The monoisotopic (exact) mass is 219 g/mol. The third kappa shape index (κ3) is 0.850. The predicted molar refractivity (Wildman–Crippen MR) is 39.3 cm³/mol. The summed E-state index contributed by atoms with van der Waals surface area (Å²) in [7, 11) is 0. The third-order valence-corrected chi connectivity index (χ3v) is 2.54. The Kier molecular flexibility index (Phi) is 1.45. The first-order chi connectivity index (χ1) is 4.88. The van der Waals surface area contributed by atoms with Gasteiger partial charge >= 0.3 is 68.0 Å². The summed E-state index contributed by atoms with van der Waals surface area (Å²) in [5.41, 5.74) is 1.63. The fourth-order valence-corrected chi connectivity index (χ4v) is 2.12. The summed E-state index contributed by atoms with van der Waals surface area (Å²) < 4.78 is 8.23. The molecule has 2 aromatic heterocycles. The predicted octanol–water partition coefficient (Wildman–Crippen LogP) is 0.735. The Hall–Kier alpha value is -0.441. The summed E-state index contributed by atoms with van der Waals surface area (Å²) in [5, 5.41) is 0.459. The van der Waals surface area contributed by atoms with E-state index in [0.29, 0.717) is 5.15 Å². The van der Waals surface area contributed by atoms with Crippen molar-refractivity contribution >= 4 is 37.6 Å². The number of hydrogen-bond acceptors (Lipinski definition) is 3. The molecule has 50 valence electrons. The van der Waals surface area contributed by atoms with Crippen LogP contribution in [0.25, 0.3) is 11.0 Å². The van der Waals surface area contributed by atoms with Gasteiger partial charge in [-0.1, -0.05) is 0 Å². The zero-order valence-electron chi connectivity index (χ0n) is 4.78. The van der Waals surface area contributed by atoms with E-state index in [-0.39, 0.29) is 15.0 Å². The van der Waals surface area contributed by atoms with Gasteiger partial charge in [0, 0.05) is 0 Å². The van der Waals surface area contributed by atoms with Gasteiger partial charge in [-0.25, -0.2) is 0 Å². The number of hydrogen-bond donors (Lipinski definition) is 0. The molecule has 0 atom stereocenters. The summed E-state index contributed by atoms with van der Waals surface area (Å²) in [6.07, 6.45) is 1.64. The standard InChI is InChI=1S/C5H2ClN3Se/c6-5-4-3(1-2-7-5)8-10-9-4/h1-2H. The van der Waals surface area contributed by atoms with E-state index in [0.717, 1.165) is 11.0 Å². The molecule has 0 saturated heterocycles. The SMILES string of the molecule is Clc1nccc2n[se]nc12. The van der Waals surface area contributed by atoms with E-state index in [1.165, 1.54) is 0 Å². The van der Waals surface area contributed by atoms with E-state index in [1.54, 1.807) is 6.20 Å². The fraction of sp³-hybridized carbons (Fsp3) is 0. The second-order valence-corrected chi connectivity index (χ2v) is 3.20. The molecule has 0 radical (unpaired) electrons. The van der Waals surface area contributed by atoms with Crippen molar-refractivity contribution in [1.29, 1.82) is 0 Å². The molecule has 0 amide bonds. The fourth-order valence-electron chi connectivity index (χ4n) is 0.682. The quantitative estimate of drug-likeness (QED) is 0.483. The molecule has 0 aromatic carbocycles. The summed E-state index contributed by atoms with van der Waals surface area (Å²) in [5.74, 6) is 0. The van der Waals surface area contributed by atoms with Crippen molar-refractivity contribution in [2.45, 2.75) is 0 Å². The molecule has 0 aliphatic rings.